The molecule has 1 atom stereocenters. The van der Waals surface area contributed by atoms with Crippen molar-refractivity contribution in [2.24, 2.45) is 11.1 Å². The zero-order chi connectivity index (χ0) is 12.1. The van der Waals surface area contributed by atoms with Crippen molar-refractivity contribution in [2.75, 3.05) is 0 Å². The SMILES string of the molecule is CC(=O)O/N=C1\CCCC[C@@H]1C1=CCCCC1. The second-order valence-electron chi connectivity index (χ2n) is 4.99. The van der Waals surface area contributed by atoms with E-state index in [1.165, 1.54) is 57.4 Å². The molecule has 2 aliphatic rings. The highest BCUT2D eigenvalue weighted by Crippen LogP contribution is 2.33. The summed E-state index contributed by atoms with van der Waals surface area (Å²) in [4.78, 5) is 15.6. The Morgan fingerprint density at radius 1 is 1.29 bits per heavy atom. The normalized spacial score (nSPS) is 27.7. The van der Waals surface area contributed by atoms with Crippen LogP contribution in [0.2, 0.25) is 0 Å². The Morgan fingerprint density at radius 3 is 2.82 bits per heavy atom. The highest BCUT2D eigenvalue weighted by Gasteiger charge is 2.25. The van der Waals surface area contributed by atoms with Crippen molar-refractivity contribution in [2.45, 2.75) is 58.3 Å². The number of allylic oxidation sites excluding steroid dienone is 2. The van der Waals surface area contributed by atoms with Gasteiger partial charge in [0, 0.05) is 12.8 Å². The summed E-state index contributed by atoms with van der Waals surface area (Å²) in [5, 5.41) is 4.07. The van der Waals surface area contributed by atoms with Crippen LogP contribution in [0.15, 0.2) is 16.8 Å². The first-order valence-electron chi connectivity index (χ1n) is 6.70. The number of nitrogens with zero attached hydrogens (tertiary/aromatic N) is 1. The van der Waals surface area contributed by atoms with E-state index < -0.39 is 0 Å². The number of hydrogen-bond acceptors (Lipinski definition) is 3. The second kappa shape index (κ2) is 5.99. The minimum atomic E-state index is -0.320. The number of hydrogen-bond donors (Lipinski definition) is 0. The Hall–Kier alpha value is -1.12. The number of oxime groups is 1. The van der Waals surface area contributed by atoms with E-state index in [0.29, 0.717) is 5.92 Å². The van der Waals surface area contributed by atoms with Gasteiger partial charge in [0.05, 0.1) is 5.71 Å². The first-order valence-corrected chi connectivity index (χ1v) is 6.70. The summed E-state index contributed by atoms with van der Waals surface area (Å²) in [6.45, 7) is 1.40. The van der Waals surface area contributed by atoms with E-state index in [1.807, 2.05) is 0 Å². The van der Waals surface area contributed by atoms with Crippen LogP contribution in [-0.4, -0.2) is 11.7 Å². The van der Waals surface area contributed by atoms with Gasteiger partial charge in [0.25, 0.3) is 0 Å². The molecule has 17 heavy (non-hydrogen) atoms. The smallest absolute Gasteiger partial charge is 0.319 e. The van der Waals surface area contributed by atoms with E-state index in [0.717, 1.165) is 12.1 Å². The maximum absolute atomic E-state index is 10.8. The third kappa shape index (κ3) is 3.42. The standard InChI is InChI=1S/C14H21NO2/c1-11(16)17-15-14-10-6-5-9-13(14)12-7-3-2-4-8-12/h7,13H,2-6,8-10H2,1H3/b15-14+/t13-/m1/s1. The first-order chi connectivity index (χ1) is 8.27. The summed E-state index contributed by atoms with van der Waals surface area (Å²) >= 11 is 0. The molecule has 0 aromatic heterocycles. The molecular weight excluding hydrogens is 214 g/mol. The Kier molecular flexibility index (Phi) is 4.35. The van der Waals surface area contributed by atoms with Gasteiger partial charge in [0.15, 0.2) is 0 Å². The van der Waals surface area contributed by atoms with Gasteiger partial charge in [-0.15, -0.1) is 0 Å². The molecule has 2 rings (SSSR count). The molecule has 3 heteroatoms. The summed E-state index contributed by atoms with van der Waals surface area (Å²) in [7, 11) is 0. The Bertz CT molecular complexity index is 344. The largest absolute Gasteiger partial charge is 0.331 e. The van der Waals surface area contributed by atoms with E-state index in [2.05, 4.69) is 11.2 Å². The van der Waals surface area contributed by atoms with Gasteiger partial charge in [0.1, 0.15) is 0 Å². The van der Waals surface area contributed by atoms with Crippen LogP contribution in [0.25, 0.3) is 0 Å². The molecule has 0 amide bonds. The molecule has 1 saturated carbocycles. The van der Waals surface area contributed by atoms with E-state index in [-0.39, 0.29) is 5.97 Å². The van der Waals surface area contributed by atoms with Gasteiger partial charge >= 0.3 is 5.97 Å². The van der Waals surface area contributed by atoms with Gasteiger partial charge in [-0.25, -0.2) is 4.79 Å². The van der Waals surface area contributed by atoms with Gasteiger partial charge in [-0.2, -0.15) is 0 Å². The third-order valence-corrected chi connectivity index (χ3v) is 3.64. The Balaban J connectivity index is 2.08. The molecule has 0 aromatic carbocycles. The molecule has 3 nitrogen and oxygen atoms in total. The maximum Gasteiger partial charge on any atom is 0.331 e. The molecule has 0 heterocycles. The Morgan fingerprint density at radius 2 is 2.12 bits per heavy atom. The quantitative estimate of drug-likeness (QED) is 0.417. The van der Waals surface area contributed by atoms with Crippen molar-refractivity contribution in [3.63, 3.8) is 0 Å². The van der Waals surface area contributed by atoms with Crippen LogP contribution in [0.4, 0.5) is 0 Å². The van der Waals surface area contributed by atoms with E-state index >= 15 is 0 Å². The topological polar surface area (TPSA) is 38.7 Å². The van der Waals surface area contributed by atoms with Gasteiger partial charge in [-0.3, -0.25) is 0 Å². The summed E-state index contributed by atoms with van der Waals surface area (Å²) in [5.41, 5.74) is 2.61. The van der Waals surface area contributed by atoms with Crippen LogP contribution >= 0.6 is 0 Å². The lowest BCUT2D eigenvalue weighted by Crippen LogP contribution is -2.23. The van der Waals surface area contributed by atoms with Crippen LogP contribution in [0, 0.1) is 5.92 Å². The average molecular weight is 235 g/mol. The average Bonchev–Trinajstić information content (AvgIpc) is 2.38. The Labute approximate surface area is 103 Å². The molecule has 0 spiro atoms. The summed E-state index contributed by atoms with van der Waals surface area (Å²) in [5.74, 6) is 0.128. The molecule has 0 aliphatic heterocycles. The fourth-order valence-corrected chi connectivity index (χ4v) is 2.81. The van der Waals surface area contributed by atoms with Crippen LogP contribution in [0.5, 0.6) is 0 Å². The summed E-state index contributed by atoms with van der Waals surface area (Å²) in [6, 6.07) is 0. The number of carbonyl (C=O) groups is 1. The second-order valence-corrected chi connectivity index (χ2v) is 4.99. The predicted molar refractivity (Wildman–Crippen MR) is 67.7 cm³/mol. The van der Waals surface area contributed by atoms with Crippen LogP contribution in [0.3, 0.4) is 0 Å². The number of carbonyl (C=O) groups excluding carboxylic acids is 1. The third-order valence-electron chi connectivity index (χ3n) is 3.64. The zero-order valence-electron chi connectivity index (χ0n) is 10.6. The summed E-state index contributed by atoms with van der Waals surface area (Å²) < 4.78 is 0. The van der Waals surface area contributed by atoms with Crippen molar-refractivity contribution in [3.8, 4) is 0 Å². The van der Waals surface area contributed by atoms with E-state index in [9.17, 15) is 4.79 Å². The molecule has 94 valence electrons. The minimum Gasteiger partial charge on any atom is -0.319 e. The molecule has 0 unspecified atom stereocenters. The first kappa shape index (κ1) is 12.3. The van der Waals surface area contributed by atoms with Crippen molar-refractivity contribution in [3.05, 3.63) is 11.6 Å². The zero-order valence-corrected chi connectivity index (χ0v) is 10.6. The minimum absolute atomic E-state index is 0.320. The lowest BCUT2D eigenvalue weighted by molar-refractivity contribution is -0.141. The molecule has 0 N–H and O–H groups in total. The molecule has 2 aliphatic carbocycles. The molecule has 0 aromatic rings. The number of rotatable bonds is 2. The summed E-state index contributed by atoms with van der Waals surface area (Å²) in [6.07, 6.45) is 12.0. The lowest BCUT2D eigenvalue weighted by atomic mass is 9.78. The van der Waals surface area contributed by atoms with Crippen molar-refractivity contribution >= 4 is 11.7 Å². The van der Waals surface area contributed by atoms with Gasteiger partial charge in [0.2, 0.25) is 0 Å². The van der Waals surface area contributed by atoms with Crippen LogP contribution in [-0.2, 0) is 9.63 Å². The molecule has 1 fully saturated rings. The molecular formula is C14H21NO2. The molecule has 0 radical (unpaired) electrons. The van der Waals surface area contributed by atoms with E-state index in [1.54, 1.807) is 0 Å². The van der Waals surface area contributed by atoms with Crippen molar-refractivity contribution < 1.29 is 9.63 Å². The highest BCUT2D eigenvalue weighted by atomic mass is 16.7. The fourth-order valence-electron chi connectivity index (χ4n) is 2.81. The molecule has 0 saturated heterocycles. The van der Waals surface area contributed by atoms with Crippen LogP contribution < -0.4 is 0 Å². The predicted octanol–water partition coefficient (Wildman–Crippen LogP) is 3.60. The fraction of sp³-hybridized carbons (Fsp3) is 0.714. The maximum atomic E-state index is 10.8. The van der Waals surface area contributed by atoms with Crippen molar-refractivity contribution in [1.82, 2.24) is 0 Å². The van der Waals surface area contributed by atoms with Gasteiger partial charge < -0.3 is 4.84 Å². The van der Waals surface area contributed by atoms with Crippen molar-refractivity contribution in [1.29, 1.82) is 0 Å². The van der Waals surface area contributed by atoms with Gasteiger partial charge in [-0.1, -0.05) is 23.2 Å². The molecule has 0 bridgehead atoms. The van der Waals surface area contributed by atoms with Crippen LogP contribution in [0.1, 0.15) is 58.3 Å². The van der Waals surface area contributed by atoms with Gasteiger partial charge in [-0.05, 0) is 44.9 Å². The highest BCUT2D eigenvalue weighted by molar-refractivity contribution is 5.89. The lowest BCUT2D eigenvalue weighted by Gasteiger charge is -2.27. The van der Waals surface area contributed by atoms with E-state index in [4.69, 9.17) is 4.84 Å². The monoisotopic (exact) mass is 235 g/mol.